The van der Waals surface area contributed by atoms with E-state index in [4.69, 9.17) is 0 Å². The first-order valence-electron chi connectivity index (χ1n) is 9.55. The summed E-state index contributed by atoms with van der Waals surface area (Å²) < 4.78 is 0. The molecular weight excluding hydrogens is 380 g/mol. The van der Waals surface area contributed by atoms with Crippen LogP contribution in [0.2, 0.25) is 0 Å². The lowest BCUT2D eigenvalue weighted by Crippen LogP contribution is -2.42. The quantitative estimate of drug-likeness (QED) is 0.594. The SMILES string of the molecule is Cc1ccc2c(c1)C(=O)N(CC(=O)N(Cc1ccncc1)Cc1cccnc1)C2=O. The first-order valence-corrected chi connectivity index (χ1v) is 9.55. The summed E-state index contributed by atoms with van der Waals surface area (Å²) in [6.07, 6.45) is 6.68. The number of imide groups is 1. The molecule has 0 saturated heterocycles. The van der Waals surface area contributed by atoms with Crippen molar-refractivity contribution >= 4 is 17.7 Å². The number of fused-ring (bicyclic) bond motifs is 1. The lowest BCUT2D eigenvalue weighted by Gasteiger charge is -2.25. The Balaban J connectivity index is 1.56. The van der Waals surface area contributed by atoms with Crippen LogP contribution in [0.4, 0.5) is 0 Å². The molecular formula is C23H20N4O3. The van der Waals surface area contributed by atoms with Crippen LogP contribution in [0.15, 0.2) is 67.3 Å². The van der Waals surface area contributed by atoms with Gasteiger partial charge in [-0.15, -0.1) is 0 Å². The average molecular weight is 400 g/mol. The van der Waals surface area contributed by atoms with Gasteiger partial charge in [-0.1, -0.05) is 17.7 Å². The standard InChI is InChI=1S/C23H20N4O3/c1-16-4-5-19-20(11-16)23(30)27(22(19)29)15-21(28)26(13-17-6-9-24-10-7-17)14-18-3-2-8-25-12-18/h2-12H,13-15H2,1H3. The Labute approximate surface area is 174 Å². The van der Waals surface area contributed by atoms with Crippen molar-refractivity contribution in [3.63, 3.8) is 0 Å². The van der Waals surface area contributed by atoms with Crippen molar-refractivity contribution in [2.45, 2.75) is 20.0 Å². The van der Waals surface area contributed by atoms with Gasteiger partial charge < -0.3 is 4.90 Å². The molecule has 0 unspecified atom stereocenters. The van der Waals surface area contributed by atoms with E-state index in [9.17, 15) is 14.4 Å². The zero-order valence-corrected chi connectivity index (χ0v) is 16.5. The highest BCUT2D eigenvalue weighted by Crippen LogP contribution is 2.24. The number of nitrogens with zero attached hydrogens (tertiary/aromatic N) is 4. The number of aromatic nitrogens is 2. The normalized spacial score (nSPS) is 12.8. The molecule has 150 valence electrons. The Bertz CT molecular complexity index is 1060. The molecule has 1 aliphatic rings. The molecule has 2 aromatic heterocycles. The second-order valence-corrected chi connectivity index (χ2v) is 7.21. The molecule has 7 nitrogen and oxygen atoms in total. The zero-order chi connectivity index (χ0) is 21.1. The third kappa shape index (κ3) is 3.96. The van der Waals surface area contributed by atoms with E-state index < -0.39 is 11.8 Å². The monoisotopic (exact) mass is 400 g/mol. The summed E-state index contributed by atoms with van der Waals surface area (Å²) >= 11 is 0. The highest BCUT2D eigenvalue weighted by atomic mass is 16.2. The summed E-state index contributed by atoms with van der Waals surface area (Å²) in [6, 6.07) is 12.4. The number of pyridine rings is 2. The second-order valence-electron chi connectivity index (χ2n) is 7.21. The summed E-state index contributed by atoms with van der Waals surface area (Å²) in [6.45, 7) is 2.20. The smallest absolute Gasteiger partial charge is 0.262 e. The summed E-state index contributed by atoms with van der Waals surface area (Å²) in [5.41, 5.74) is 3.34. The van der Waals surface area contributed by atoms with Crippen molar-refractivity contribution in [2.24, 2.45) is 0 Å². The van der Waals surface area contributed by atoms with Gasteiger partial charge >= 0.3 is 0 Å². The number of hydrogen-bond acceptors (Lipinski definition) is 5. The molecule has 0 bridgehead atoms. The number of aryl methyl sites for hydroxylation is 1. The van der Waals surface area contributed by atoms with Crippen LogP contribution in [-0.4, -0.2) is 44.0 Å². The Morgan fingerprint density at radius 3 is 2.37 bits per heavy atom. The van der Waals surface area contributed by atoms with Crippen molar-refractivity contribution in [3.05, 3.63) is 95.1 Å². The van der Waals surface area contributed by atoms with E-state index in [2.05, 4.69) is 9.97 Å². The van der Waals surface area contributed by atoms with Crippen LogP contribution in [0.3, 0.4) is 0 Å². The molecule has 0 aliphatic carbocycles. The fraction of sp³-hybridized carbons (Fsp3) is 0.174. The Kier molecular flexibility index (Phi) is 5.34. The molecule has 3 aromatic rings. The topological polar surface area (TPSA) is 83.5 Å². The number of rotatable bonds is 6. The minimum Gasteiger partial charge on any atom is -0.332 e. The molecule has 0 N–H and O–H groups in total. The van der Waals surface area contributed by atoms with E-state index in [0.717, 1.165) is 21.6 Å². The molecule has 4 rings (SSSR count). The van der Waals surface area contributed by atoms with Crippen molar-refractivity contribution < 1.29 is 14.4 Å². The number of carbonyl (C=O) groups excluding carboxylic acids is 3. The molecule has 3 amide bonds. The van der Waals surface area contributed by atoms with Gasteiger partial charge in [0.2, 0.25) is 5.91 Å². The molecule has 0 spiro atoms. The number of carbonyl (C=O) groups is 3. The van der Waals surface area contributed by atoms with E-state index in [-0.39, 0.29) is 12.5 Å². The van der Waals surface area contributed by atoms with E-state index in [1.165, 1.54) is 0 Å². The lowest BCUT2D eigenvalue weighted by molar-refractivity contribution is -0.132. The molecule has 0 saturated carbocycles. The van der Waals surface area contributed by atoms with Gasteiger partial charge in [0.05, 0.1) is 11.1 Å². The van der Waals surface area contributed by atoms with E-state index in [0.29, 0.717) is 24.2 Å². The van der Waals surface area contributed by atoms with Crippen molar-refractivity contribution in [1.29, 1.82) is 0 Å². The maximum atomic E-state index is 13.2. The first-order chi connectivity index (χ1) is 14.5. The predicted octanol–water partition coefficient (Wildman–Crippen LogP) is 2.61. The van der Waals surface area contributed by atoms with Gasteiger partial charge in [0.1, 0.15) is 6.54 Å². The van der Waals surface area contributed by atoms with Crippen LogP contribution < -0.4 is 0 Å². The van der Waals surface area contributed by atoms with Crippen LogP contribution >= 0.6 is 0 Å². The largest absolute Gasteiger partial charge is 0.332 e. The summed E-state index contributed by atoms with van der Waals surface area (Å²) in [5.74, 6) is -1.19. The number of hydrogen-bond donors (Lipinski definition) is 0. The maximum absolute atomic E-state index is 13.2. The second kappa shape index (κ2) is 8.24. The molecule has 30 heavy (non-hydrogen) atoms. The summed E-state index contributed by atoms with van der Waals surface area (Å²) in [5, 5.41) is 0. The Morgan fingerprint density at radius 1 is 0.900 bits per heavy atom. The van der Waals surface area contributed by atoms with E-state index >= 15 is 0 Å². The van der Waals surface area contributed by atoms with Gasteiger partial charge in [0, 0.05) is 37.9 Å². The molecule has 3 heterocycles. The van der Waals surface area contributed by atoms with Crippen LogP contribution in [0.5, 0.6) is 0 Å². The number of benzene rings is 1. The van der Waals surface area contributed by atoms with Crippen molar-refractivity contribution in [1.82, 2.24) is 19.8 Å². The van der Waals surface area contributed by atoms with Crippen LogP contribution in [0.25, 0.3) is 0 Å². The Hall–Kier alpha value is -3.87. The molecule has 0 atom stereocenters. The van der Waals surface area contributed by atoms with Gasteiger partial charge in [-0.3, -0.25) is 29.3 Å². The minimum absolute atomic E-state index is 0.309. The third-order valence-corrected chi connectivity index (χ3v) is 4.99. The molecule has 1 aliphatic heterocycles. The van der Waals surface area contributed by atoms with Gasteiger partial charge in [-0.05, 0) is 48.4 Å². The number of amides is 3. The van der Waals surface area contributed by atoms with Gasteiger partial charge in [0.15, 0.2) is 0 Å². The fourth-order valence-electron chi connectivity index (χ4n) is 3.44. The van der Waals surface area contributed by atoms with Gasteiger partial charge in [0.25, 0.3) is 11.8 Å². The first kappa shape index (κ1) is 19.4. The summed E-state index contributed by atoms with van der Waals surface area (Å²) in [4.78, 5) is 49.4. The molecule has 0 radical (unpaired) electrons. The highest BCUT2D eigenvalue weighted by molar-refractivity contribution is 6.22. The van der Waals surface area contributed by atoms with Crippen LogP contribution in [-0.2, 0) is 17.9 Å². The molecule has 0 fully saturated rings. The maximum Gasteiger partial charge on any atom is 0.262 e. The van der Waals surface area contributed by atoms with Gasteiger partial charge in [-0.2, -0.15) is 0 Å². The van der Waals surface area contributed by atoms with Crippen molar-refractivity contribution in [2.75, 3.05) is 6.54 Å². The van der Waals surface area contributed by atoms with Crippen molar-refractivity contribution in [3.8, 4) is 0 Å². The fourth-order valence-corrected chi connectivity index (χ4v) is 3.44. The Morgan fingerprint density at radius 2 is 1.63 bits per heavy atom. The van der Waals surface area contributed by atoms with E-state index in [1.807, 2.05) is 25.1 Å². The highest BCUT2D eigenvalue weighted by Gasteiger charge is 2.37. The van der Waals surface area contributed by atoms with Gasteiger partial charge in [-0.25, -0.2) is 0 Å². The van der Waals surface area contributed by atoms with Crippen LogP contribution in [0, 0.1) is 6.92 Å². The predicted molar refractivity (Wildman–Crippen MR) is 109 cm³/mol. The lowest BCUT2D eigenvalue weighted by atomic mass is 10.1. The average Bonchev–Trinajstić information content (AvgIpc) is 2.99. The molecule has 1 aromatic carbocycles. The van der Waals surface area contributed by atoms with Crippen LogP contribution in [0.1, 0.15) is 37.4 Å². The van der Waals surface area contributed by atoms with E-state index in [1.54, 1.807) is 54.0 Å². The molecule has 7 heteroatoms. The summed E-state index contributed by atoms with van der Waals surface area (Å²) in [7, 11) is 0. The zero-order valence-electron chi connectivity index (χ0n) is 16.5. The third-order valence-electron chi connectivity index (χ3n) is 4.99. The minimum atomic E-state index is -0.436.